The third kappa shape index (κ3) is 13.9. The average Bonchev–Trinajstić information content (AvgIpc) is 2.41. The fraction of sp³-hybridized carbons (Fsp3) is 0.857. The third-order valence-corrected chi connectivity index (χ3v) is 3.11. The van der Waals surface area contributed by atoms with Crippen molar-refractivity contribution in [3.8, 4) is 0 Å². The Balaban J connectivity index is 0.000000796. The van der Waals surface area contributed by atoms with Crippen LogP contribution < -0.4 is 0 Å². The number of allylic oxidation sites excluding steroid dienone is 2. The molecule has 0 unspecified atom stereocenters. The highest BCUT2D eigenvalue weighted by Gasteiger charge is 2.12. The van der Waals surface area contributed by atoms with Crippen molar-refractivity contribution in [3.05, 3.63) is 11.8 Å². The van der Waals surface area contributed by atoms with Gasteiger partial charge < -0.3 is 24.9 Å². The SMILES string of the molecule is OB(O)OC1=CCCCCCCCCCC1.OCCO. The summed E-state index contributed by atoms with van der Waals surface area (Å²) in [5.41, 5.74) is 0. The molecule has 118 valence electrons. The van der Waals surface area contributed by atoms with Gasteiger partial charge in [0.2, 0.25) is 0 Å². The van der Waals surface area contributed by atoms with E-state index in [9.17, 15) is 0 Å². The smallest absolute Gasteiger partial charge is 0.516 e. The van der Waals surface area contributed by atoms with E-state index in [4.69, 9.17) is 24.9 Å². The van der Waals surface area contributed by atoms with Gasteiger partial charge in [-0.15, -0.1) is 0 Å². The Bertz CT molecular complexity index is 232. The maximum absolute atomic E-state index is 8.79. The number of rotatable bonds is 3. The lowest BCUT2D eigenvalue weighted by Gasteiger charge is -2.11. The second-order valence-electron chi connectivity index (χ2n) is 4.93. The van der Waals surface area contributed by atoms with Gasteiger partial charge in [0, 0.05) is 6.42 Å². The van der Waals surface area contributed by atoms with E-state index in [-0.39, 0.29) is 13.2 Å². The number of aliphatic hydroxyl groups excluding tert-OH is 2. The second-order valence-corrected chi connectivity index (χ2v) is 4.93. The van der Waals surface area contributed by atoms with Gasteiger partial charge in [0.25, 0.3) is 0 Å². The maximum atomic E-state index is 8.79. The molecule has 0 heterocycles. The summed E-state index contributed by atoms with van der Waals surface area (Å²) in [6.45, 7) is -0.250. The van der Waals surface area contributed by atoms with Crippen molar-refractivity contribution < 1.29 is 24.9 Å². The molecule has 0 saturated carbocycles. The highest BCUT2D eigenvalue weighted by atomic mass is 16.6. The normalized spacial score (nSPS) is 17.7. The van der Waals surface area contributed by atoms with E-state index in [1.54, 1.807) is 0 Å². The molecule has 0 spiro atoms. The van der Waals surface area contributed by atoms with E-state index in [1.165, 1.54) is 44.9 Å². The predicted molar refractivity (Wildman–Crippen MR) is 79.7 cm³/mol. The van der Waals surface area contributed by atoms with Crippen molar-refractivity contribution in [2.45, 2.75) is 64.2 Å². The molecule has 1 aliphatic carbocycles. The van der Waals surface area contributed by atoms with Crippen LogP contribution in [0.15, 0.2) is 11.8 Å². The molecule has 0 radical (unpaired) electrons. The van der Waals surface area contributed by atoms with E-state index < -0.39 is 7.32 Å². The van der Waals surface area contributed by atoms with Crippen LogP contribution in [0.4, 0.5) is 0 Å². The molecular weight excluding hydrogens is 259 g/mol. The molecule has 0 fully saturated rings. The van der Waals surface area contributed by atoms with Crippen LogP contribution in [0, 0.1) is 0 Å². The molecule has 0 aromatic carbocycles. The average molecular weight is 288 g/mol. The van der Waals surface area contributed by atoms with Crippen LogP contribution in [0.5, 0.6) is 0 Å². The van der Waals surface area contributed by atoms with Gasteiger partial charge in [-0.25, -0.2) is 0 Å². The lowest BCUT2D eigenvalue weighted by Crippen LogP contribution is -2.16. The van der Waals surface area contributed by atoms with Crippen LogP contribution in [0.3, 0.4) is 0 Å². The molecular formula is C14H29BO5. The summed E-state index contributed by atoms with van der Waals surface area (Å²) in [4.78, 5) is 0. The Labute approximate surface area is 122 Å². The van der Waals surface area contributed by atoms with Gasteiger partial charge in [-0.2, -0.15) is 0 Å². The highest BCUT2D eigenvalue weighted by molar-refractivity contribution is 6.33. The van der Waals surface area contributed by atoms with Crippen LogP contribution in [-0.2, 0) is 4.65 Å². The number of aliphatic hydroxyl groups is 2. The molecule has 0 saturated heterocycles. The van der Waals surface area contributed by atoms with Crippen molar-refractivity contribution in [2.75, 3.05) is 13.2 Å². The molecule has 6 heteroatoms. The molecule has 1 aliphatic rings. The zero-order valence-electron chi connectivity index (χ0n) is 12.3. The Morgan fingerprint density at radius 1 is 0.850 bits per heavy atom. The summed E-state index contributed by atoms with van der Waals surface area (Å²) in [7, 11) is -1.67. The first kappa shape index (κ1) is 19.4. The predicted octanol–water partition coefficient (Wildman–Crippen LogP) is 1.74. The highest BCUT2D eigenvalue weighted by Crippen LogP contribution is 2.17. The van der Waals surface area contributed by atoms with Crippen molar-refractivity contribution >= 4 is 7.32 Å². The molecule has 5 nitrogen and oxygen atoms in total. The monoisotopic (exact) mass is 288 g/mol. The lowest BCUT2D eigenvalue weighted by molar-refractivity contribution is 0.186. The standard InChI is InChI=1S/C12H23BO3.C2H6O2/c14-13(15)16-12-10-8-6-4-2-1-3-5-7-9-11-12;3-1-2-4/h10,14-15H,1-9,11H2;3-4H,1-2H2. The van der Waals surface area contributed by atoms with Crippen molar-refractivity contribution in [1.29, 1.82) is 0 Å². The molecule has 20 heavy (non-hydrogen) atoms. The minimum atomic E-state index is -1.67. The summed E-state index contributed by atoms with van der Waals surface area (Å²) >= 11 is 0. The first-order valence-corrected chi connectivity index (χ1v) is 7.64. The van der Waals surface area contributed by atoms with Gasteiger partial charge in [0.1, 0.15) is 0 Å². The van der Waals surface area contributed by atoms with Crippen LogP contribution in [-0.4, -0.2) is 40.8 Å². The summed E-state index contributed by atoms with van der Waals surface area (Å²) in [5, 5.41) is 32.8. The topological polar surface area (TPSA) is 90.2 Å². The van der Waals surface area contributed by atoms with Crippen LogP contribution in [0.2, 0.25) is 0 Å². The minimum Gasteiger partial charge on any atom is -0.516 e. The summed E-state index contributed by atoms with van der Waals surface area (Å²) in [6.07, 6.45) is 13.9. The largest absolute Gasteiger partial charge is 0.707 e. The van der Waals surface area contributed by atoms with Crippen LogP contribution in [0.25, 0.3) is 0 Å². The lowest BCUT2D eigenvalue weighted by atomic mass is 10.0. The zero-order valence-corrected chi connectivity index (χ0v) is 12.3. The van der Waals surface area contributed by atoms with Gasteiger partial charge >= 0.3 is 7.32 Å². The summed E-state index contributed by atoms with van der Waals surface area (Å²) in [6, 6.07) is 0. The van der Waals surface area contributed by atoms with Crippen LogP contribution in [0.1, 0.15) is 64.2 Å². The number of hydrogen-bond acceptors (Lipinski definition) is 5. The molecule has 4 N–H and O–H groups in total. The van der Waals surface area contributed by atoms with Crippen molar-refractivity contribution in [2.24, 2.45) is 0 Å². The van der Waals surface area contributed by atoms with Gasteiger partial charge in [-0.05, 0) is 25.3 Å². The van der Waals surface area contributed by atoms with Gasteiger partial charge in [0.15, 0.2) is 0 Å². The molecule has 0 atom stereocenters. The Hall–Kier alpha value is -0.555. The van der Waals surface area contributed by atoms with E-state index in [2.05, 4.69) is 0 Å². The third-order valence-electron chi connectivity index (χ3n) is 3.11. The molecule has 0 aromatic heterocycles. The maximum Gasteiger partial charge on any atom is 0.707 e. The first-order valence-electron chi connectivity index (χ1n) is 7.64. The van der Waals surface area contributed by atoms with Gasteiger partial charge in [-0.3, -0.25) is 0 Å². The van der Waals surface area contributed by atoms with E-state index in [0.717, 1.165) is 25.0 Å². The molecule has 0 amide bonds. The Morgan fingerprint density at radius 2 is 1.35 bits per heavy atom. The minimum absolute atomic E-state index is 0.125. The summed E-state index contributed by atoms with van der Waals surface area (Å²) < 4.78 is 4.97. The molecule has 0 aliphatic heterocycles. The number of hydrogen-bond donors (Lipinski definition) is 4. The zero-order chi connectivity index (χ0) is 15.1. The fourth-order valence-electron chi connectivity index (χ4n) is 2.11. The van der Waals surface area contributed by atoms with Gasteiger partial charge in [-0.1, -0.05) is 38.5 Å². The van der Waals surface area contributed by atoms with Crippen molar-refractivity contribution in [3.63, 3.8) is 0 Å². The molecule has 0 bridgehead atoms. The van der Waals surface area contributed by atoms with Crippen LogP contribution >= 0.6 is 0 Å². The Kier molecular flexibility index (Phi) is 14.4. The fourth-order valence-corrected chi connectivity index (χ4v) is 2.11. The van der Waals surface area contributed by atoms with E-state index in [0.29, 0.717) is 0 Å². The second kappa shape index (κ2) is 14.8. The van der Waals surface area contributed by atoms with Gasteiger partial charge in [0.05, 0.1) is 19.0 Å². The molecule has 1 rings (SSSR count). The Morgan fingerprint density at radius 3 is 1.85 bits per heavy atom. The van der Waals surface area contributed by atoms with Crippen molar-refractivity contribution in [1.82, 2.24) is 0 Å². The summed E-state index contributed by atoms with van der Waals surface area (Å²) in [5.74, 6) is 0.746. The quantitative estimate of drug-likeness (QED) is 0.594. The molecule has 0 aromatic rings. The first-order chi connectivity index (χ1) is 9.70. The van der Waals surface area contributed by atoms with E-state index >= 15 is 0 Å². The van der Waals surface area contributed by atoms with E-state index in [1.807, 2.05) is 6.08 Å².